The van der Waals surface area contributed by atoms with Crippen LogP contribution in [-0.2, 0) is 16.0 Å². The second kappa shape index (κ2) is 7.88. The Labute approximate surface area is 154 Å². The van der Waals surface area contributed by atoms with Gasteiger partial charge < -0.3 is 10.1 Å². The quantitative estimate of drug-likeness (QED) is 0.698. The average molecular weight is 367 g/mol. The monoisotopic (exact) mass is 367 g/mol. The Balaban J connectivity index is 1.71. The zero-order valence-corrected chi connectivity index (χ0v) is 15.2. The van der Waals surface area contributed by atoms with Gasteiger partial charge in [-0.1, -0.05) is 12.1 Å². The molecule has 0 fully saturated rings. The summed E-state index contributed by atoms with van der Waals surface area (Å²) in [5, 5.41) is 3.59. The summed E-state index contributed by atoms with van der Waals surface area (Å²) in [5.74, 6) is -0.620. The second-order valence-electron chi connectivity index (χ2n) is 5.54. The van der Waals surface area contributed by atoms with E-state index in [9.17, 15) is 9.59 Å². The molecule has 2 heterocycles. The summed E-state index contributed by atoms with van der Waals surface area (Å²) in [5.41, 5.74) is 2.54. The summed E-state index contributed by atoms with van der Waals surface area (Å²) in [4.78, 5) is 33.6. The molecule has 3 aromatic rings. The van der Waals surface area contributed by atoms with E-state index in [0.29, 0.717) is 11.3 Å². The summed E-state index contributed by atoms with van der Waals surface area (Å²) < 4.78 is 4.69. The molecule has 0 aliphatic heterocycles. The Morgan fingerprint density at radius 1 is 1.19 bits per heavy atom. The molecule has 3 rings (SSSR count). The number of pyridine rings is 1. The van der Waals surface area contributed by atoms with Gasteiger partial charge >= 0.3 is 5.97 Å². The molecule has 2 aromatic heterocycles. The van der Waals surface area contributed by atoms with E-state index in [1.54, 1.807) is 30.5 Å². The highest BCUT2D eigenvalue weighted by Gasteiger charge is 2.14. The van der Waals surface area contributed by atoms with Gasteiger partial charge in [0, 0.05) is 16.8 Å². The molecule has 0 radical (unpaired) electrons. The van der Waals surface area contributed by atoms with Crippen molar-refractivity contribution >= 4 is 28.9 Å². The minimum atomic E-state index is -0.445. The molecule has 1 N–H and O–H groups in total. The topological polar surface area (TPSA) is 81.2 Å². The first-order valence-electron chi connectivity index (χ1n) is 7.93. The number of nitrogens with zero attached hydrogens (tertiary/aromatic N) is 2. The van der Waals surface area contributed by atoms with Crippen LogP contribution >= 0.6 is 11.3 Å². The number of esters is 1. The lowest BCUT2D eigenvalue weighted by molar-refractivity contribution is -0.115. The predicted molar refractivity (Wildman–Crippen MR) is 100 cm³/mol. The third-order valence-corrected chi connectivity index (χ3v) is 4.85. The Kier molecular flexibility index (Phi) is 5.38. The van der Waals surface area contributed by atoms with Gasteiger partial charge in [-0.05, 0) is 37.3 Å². The molecule has 0 spiro atoms. The number of aryl methyl sites for hydroxylation is 1. The van der Waals surface area contributed by atoms with Crippen LogP contribution in [0.25, 0.3) is 10.7 Å². The van der Waals surface area contributed by atoms with Gasteiger partial charge in [-0.3, -0.25) is 9.78 Å². The van der Waals surface area contributed by atoms with Crippen LogP contribution < -0.4 is 5.32 Å². The normalized spacial score (nSPS) is 10.4. The molecule has 0 saturated carbocycles. The summed E-state index contributed by atoms with van der Waals surface area (Å²) in [6, 6.07) is 12.3. The number of amides is 1. The number of ether oxygens (including phenoxy) is 1. The highest BCUT2D eigenvalue weighted by molar-refractivity contribution is 7.15. The zero-order chi connectivity index (χ0) is 18.5. The molecule has 0 saturated heterocycles. The predicted octanol–water partition coefficient (Wildman–Crippen LogP) is 3.48. The van der Waals surface area contributed by atoms with E-state index in [2.05, 4.69) is 20.0 Å². The number of rotatable bonds is 5. The van der Waals surface area contributed by atoms with Gasteiger partial charge in [0.25, 0.3) is 0 Å². The standard InChI is InChI=1S/C19H17N3O3S/c1-12-16(26-18(21-12)15-8-3-4-9-20-15)11-17(23)22-14-7-5-6-13(10-14)19(24)25-2/h3-10H,11H2,1-2H3,(H,22,23). The molecule has 0 aliphatic carbocycles. The molecule has 26 heavy (non-hydrogen) atoms. The van der Waals surface area contributed by atoms with Crippen LogP contribution in [0.3, 0.4) is 0 Å². The Morgan fingerprint density at radius 3 is 2.77 bits per heavy atom. The Morgan fingerprint density at radius 2 is 2.04 bits per heavy atom. The van der Waals surface area contributed by atoms with E-state index >= 15 is 0 Å². The number of benzene rings is 1. The fraction of sp³-hybridized carbons (Fsp3) is 0.158. The molecular formula is C19H17N3O3S. The number of thiazole rings is 1. The fourth-order valence-electron chi connectivity index (χ4n) is 2.38. The molecule has 132 valence electrons. The lowest BCUT2D eigenvalue weighted by Gasteiger charge is -2.06. The maximum absolute atomic E-state index is 12.4. The van der Waals surface area contributed by atoms with Crippen molar-refractivity contribution < 1.29 is 14.3 Å². The lowest BCUT2D eigenvalue weighted by Crippen LogP contribution is -2.14. The van der Waals surface area contributed by atoms with Crippen molar-refractivity contribution in [3.05, 3.63) is 64.8 Å². The second-order valence-corrected chi connectivity index (χ2v) is 6.62. The van der Waals surface area contributed by atoms with Crippen LogP contribution in [0.5, 0.6) is 0 Å². The summed E-state index contributed by atoms with van der Waals surface area (Å²) >= 11 is 1.45. The van der Waals surface area contributed by atoms with Crippen LogP contribution in [0.2, 0.25) is 0 Å². The van der Waals surface area contributed by atoms with E-state index in [1.807, 2.05) is 25.1 Å². The van der Waals surface area contributed by atoms with E-state index in [-0.39, 0.29) is 12.3 Å². The number of nitrogens with one attached hydrogen (secondary N) is 1. The first kappa shape index (κ1) is 17.8. The number of anilines is 1. The minimum Gasteiger partial charge on any atom is -0.465 e. The molecule has 0 unspecified atom stereocenters. The smallest absolute Gasteiger partial charge is 0.337 e. The van der Waals surface area contributed by atoms with Gasteiger partial charge in [0.05, 0.1) is 30.5 Å². The van der Waals surface area contributed by atoms with Crippen molar-refractivity contribution in [3.63, 3.8) is 0 Å². The van der Waals surface area contributed by atoms with Crippen LogP contribution in [0.4, 0.5) is 5.69 Å². The maximum Gasteiger partial charge on any atom is 0.337 e. The Hall–Kier alpha value is -3.06. The highest BCUT2D eigenvalue weighted by Crippen LogP contribution is 2.27. The number of hydrogen-bond acceptors (Lipinski definition) is 6. The number of hydrogen-bond donors (Lipinski definition) is 1. The first-order valence-corrected chi connectivity index (χ1v) is 8.74. The summed E-state index contributed by atoms with van der Waals surface area (Å²) in [6.45, 7) is 1.88. The van der Waals surface area contributed by atoms with Crippen molar-refractivity contribution in [2.45, 2.75) is 13.3 Å². The van der Waals surface area contributed by atoms with Crippen LogP contribution in [-0.4, -0.2) is 29.0 Å². The minimum absolute atomic E-state index is 0.175. The third kappa shape index (κ3) is 4.12. The van der Waals surface area contributed by atoms with Crippen molar-refractivity contribution in [1.29, 1.82) is 0 Å². The van der Waals surface area contributed by atoms with Gasteiger partial charge in [0.2, 0.25) is 5.91 Å². The maximum atomic E-state index is 12.4. The van der Waals surface area contributed by atoms with Crippen molar-refractivity contribution in [3.8, 4) is 10.7 Å². The molecular weight excluding hydrogens is 350 g/mol. The lowest BCUT2D eigenvalue weighted by atomic mass is 10.2. The van der Waals surface area contributed by atoms with Crippen LogP contribution in [0, 0.1) is 6.92 Å². The average Bonchev–Trinajstić information content (AvgIpc) is 3.02. The summed E-state index contributed by atoms with van der Waals surface area (Å²) in [6.07, 6.45) is 1.92. The van der Waals surface area contributed by atoms with Gasteiger partial charge in [-0.2, -0.15) is 0 Å². The Bertz CT molecular complexity index is 938. The highest BCUT2D eigenvalue weighted by atomic mass is 32.1. The molecule has 7 heteroatoms. The number of methoxy groups -OCH3 is 1. The number of carbonyl (C=O) groups excluding carboxylic acids is 2. The van der Waals surface area contributed by atoms with E-state index in [4.69, 9.17) is 0 Å². The largest absolute Gasteiger partial charge is 0.465 e. The molecule has 0 bridgehead atoms. The number of carbonyl (C=O) groups is 2. The first-order chi connectivity index (χ1) is 12.6. The zero-order valence-electron chi connectivity index (χ0n) is 14.4. The van der Waals surface area contributed by atoms with Crippen molar-refractivity contribution in [2.75, 3.05) is 12.4 Å². The molecule has 1 aromatic carbocycles. The van der Waals surface area contributed by atoms with Crippen LogP contribution in [0.15, 0.2) is 48.7 Å². The summed E-state index contributed by atoms with van der Waals surface area (Å²) in [7, 11) is 1.32. The fourth-order valence-corrected chi connectivity index (χ4v) is 3.42. The molecule has 0 aliphatic rings. The molecule has 1 amide bonds. The van der Waals surface area contributed by atoms with E-state index in [1.165, 1.54) is 18.4 Å². The third-order valence-electron chi connectivity index (χ3n) is 3.67. The van der Waals surface area contributed by atoms with Gasteiger partial charge in [-0.25, -0.2) is 9.78 Å². The van der Waals surface area contributed by atoms with E-state index in [0.717, 1.165) is 21.3 Å². The van der Waals surface area contributed by atoms with Crippen LogP contribution in [0.1, 0.15) is 20.9 Å². The molecule has 6 nitrogen and oxygen atoms in total. The SMILES string of the molecule is COC(=O)c1cccc(NC(=O)Cc2sc(-c3ccccn3)nc2C)c1. The van der Waals surface area contributed by atoms with Crippen molar-refractivity contribution in [2.24, 2.45) is 0 Å². The van der Waals surface area contributed by atoms with Gasteiger partial charge in [0.15, 0.2) is 0 Å². The van der Waals surface area contributed by atoms with Gasteiger partial charge in [-0.15, -0.1) is 11.3 Å². The van der Waals surface area contributed by atoms with Crippen molar-refractivity contribution in [1.82, 2.24) is 9.97 Å². The number of aromatic nitrogens is 2. The molecule has 0 atom stereocenters. The van der Waals surface area contributed by atoms with E-state index < -0.39 is 5.97 Å². The van der Waals surface area contributed by atoms with Gasteiger partial charge in [0.1, 0.15) is 5.01 Å².